The summed E-state index contributed by atoms with van der Waals surface area (Å²) in [7, 11) is 1.87. The molecule has 0 saturated carbocycles. The molecule has 0 fully saturated rings. The molecule has 17 heavy (non-hydrogen) atoms. The summed E-state index contributed by atoms with van der Waals surface area (Å²) in [4.78, 5) is 0. The van der Waals surface area contributed by atoms with Crippen molar-refractivity contribution in [2.24, 2.45) is 11.3 Å². The van der Waals surface area contributed by atoms with E-state index in [1.165, 1.54) is 44.9 Å². The maximum absolute atomic E-state index is 5.57. The summed E-state index contributed by atoms with van der Waals surface area (Å²) in [6, 6.07) is 0. The second-order valence-corrected chi connectivity index (χ2v) is 6.99. The second-order valence-electron chi connectivity index (χ2n) is 6.99. The first kappa shape index (κ1) is 17.0. The average Bonchev–Trinajstić information content (AvgIpc) is 2.19. The highest BCUT2D eigenvalue weighted by Crippen LogP contribution is 2.23. The Balaban J connectivity index is 3.56. The SMILES string of the molecule is CO[C@@H](CCCCC(C)C)CCCC(C)(C)C. The van der Waals surface area contributed by atoms with E-state index in [-0.39, 0.29) is 0 Å². The lowest BCUT2D eigenvalue weighted by molar-refractivity contribution is 0.0807. The van der Waals surface area contributed by atoms with Crippen LogP contribution in [0.3, 0.4) is 0 Å². The Morgan fingerprint density at radius 3 is 1.88 bits per heavy atom. The van der Waals surface area contributed by atoms with Gasteiger partial charge in [0.15, 0.2) is 0 Å². The number of ether oxygens (including phenoxy) is 1. The largest absolute Gasteiger partial charge is 0.381 e. The minimum absolute atomic E-state index is 0.468. The predicted octanol–water partition coefficient (Wildman–Crippen LogP) is 5.43. The number of unbranched alkanes of at least 4 members (excludes halogenated alkanes) is 1. The monoisotopic (exact) mass is 242 g/mol. The van der Waals surface area contributed by atoms with E-state index >= 15 is 0 Å². The van der Waals surface area contributed by atoms with Gasteiger partial charge in [0.1, 0.15) is 0 Å². The van der Waals surface area contributed by atoms with Crippen molar-refractivity contribution in [1.82, 2.24) is 0 Å². The fraction of sp³-hybridized carbons (Fsp3) is 1.00. The molecule has 104 valence electrons. The third-order valence-electron chi connectivity index (χ3n) is 3.34. The molecule has 0 saturated heterocycles. The lowest BCUT2D eigenvalue weighted by atomic mass is 9.89. The molecule has 1 nitrogen and oxygen atoms in total. The molecule has 0 aliphatic rings. The Kier molecular flexibility index (Phi) is 8.94. The zero-order valence-corrected chi connectivity index (χ0v) is 13.0. The van der Waals surface area contributed by atoms with Crippen LogP contribution >= 0.6 is 0 Å². The van der Waals surface area contributed by atoms with Gasteiger partial charge in [-0.15, -0.1) is 0 Å². The first-order chi connectivity index (χ1) is 7.85. The van der Waals surface area contributed by atoms with Gasteiger partial charge in [0.05, 0.1) is 6.10 Å². The molecule has 0 spiro atoms. The van der Waals surface area contributed by atoms with E-state index < -0.39 is 0 Å². The summed E-state index contributed by atoms with van der Waals surface area (Å²) in [6.45, 7) is 11.6. The molecule has 0 bridgehead atoms. The van der Waals surface area contributed by atoms with E-state index in [4.69, 9.17) is 4.74 Å². The lowest BCUT2D eigenvalue weighted by Crippen LogP contribution is -2.12. The number of methoxy groups -OCH3 is 1. The van der Waals surface area contributed by atoms with Crippen LogP contribution in [-0.4, -0.2) is 13.2 Å². The quantitative estimate of drug-likeness (QED) is 0.490. The van der Waals surface area contributed by atoms with E-state index in [1.54, 1.807) is 0 Å². The molecule has 1 heteroatoms. The molecular weight excluding hydrogens is 208 g/mol. The van der Waals surface area contributed by atoms with Gasteiger partial charge in [-0.3, -0.25) is 0 Å². The fourth-order valence-electron chi connectivity index (χ4n) is 2.16. The van der Waals surface area contributed by atoms with Gasteiger partial charge in [-0.25, -0.2) is 0 Å². The van der Waals surface area contributed by atoms with Gasteiger partial charge >= 0.3 is 0 Å². The first-order valence-corrected chi connectivity index (χ1v) is 7.38. The van der Waals surface area contributed by atoms with Crippen LogP contribution in [0.25, 0.3) is 0 Å². The maximum atomic E-state index is 5.57. The molecule has 0 N–H and O–H groups in total. The summed E-state index contributed by atoms with van der Waals surface area (Å²) < 4.78 is 5.57. The van der Waals surface area contributed by atoms with Crippen LogP contribution in [0.2, 0.25) is 0 Å². The van der Waals surface area contributed by atoms with Gasteiger partial charge in [0.2, 0.25) is 0 Å². The molecule has 0 rings (SSSR count). The third kappa shape index (κ3) is 12.2. The van der Waals surface area contributed by atoms with Crippen LogP contribution in [0.15, 0.2) is 0 Å². The van der Waals surface area contributed by atoms with Crippen molar-refractivity contribution in [1.29, 1.82) is 0 Å². The highest BCUT2D eigenvalue weighted by atomic mass is 16.5. The highest BCUT2D eigenvalue weighted by Gasteiger charge is 2.12. The van der Waals surface area contributed by atoms with Crippen molar-refractivity contribution in [2.75, 3.05) is 7.11 Å². The van der Waals surface area contributed by atoms with E-state index in [0.717, 1.165) is 5.92 Å². The topological polar surface area (TPSA) is 9.23 Å². The summed E-state index contributed by atoms with van der Waals surface area (Å²) in [5.41, 5.74) is 0.468. The minimum Gasteiger partial charge on any atom is -0.381 e. The Morgan fingerprint density at radius 1 is 0.882 bits per heavy atom. The summed E-state index contributed by atoms with van der Waals surface area (Å²) in [5.74, 6) is 0.844. The van der Waals surface area contributed by atoms with Crippen molar-refractivity contribution in [3.05, 3.63) is 0 Å². The molecule has 0 unspecified atom stereocenters. The molecule has 0 aliphatic carbocycles. The van der Waals surface area contributed by atoms with E-state index in [2.05, 4.69) is 34.6 Å². The minimum atomic E-state index is 0.468. The zero-order chi connectivity index (χ0) is 13.3. The van der Waals surface area contributed by atoms with Crippen molar-refractivity contribution in [3.63, 3.8) is 0 Å². The van der Waals surface area contributed by atoms with Gasteiger partial charge in [-0.2, -0.15) is 0 Å². The Bertz CT molecular complexity index is 167. The maximum Gasteiger partial charge on any atom is 0.0571 e. The van der Waals surface area contributed by atoms with Crippen molar-refractivity contribution < 1.29 is 4.74 Å². The molecular formula is C16H34O. The van der Waals surface area contributed by atoms with Crippen LogP contribution in [0.4, 0.5) is 0 Å². The van der Waals surface area contributed by atoms with Gasteiger partial charge in [0, 0.05) is 7.11 Å². The molecule has 0 radical (unpaired) electrons. The van der Waals surface area contributed by atoms with Crippen molar-refractivity contribution >= 4 is 0 Å². The van der Waals surface area contributed by atoms with Crippen LogP contribution < -0.4 is 0 Å². The summed E-state index contributed by atoms with van der Waals surface area (Å²) >= 11 is 0. The van der Waals surface area contributed by atoms with Crippen molar-refractivity contribution in [2.45, 2.75) is 85.7 Å². The van der Waals surface area contributed by atoms with Gasteiger partial charge in [-0.05, 0) is 30.6 Å². The van der Waals surface area contributed by atoms with Crippen LogP contribution in [0.1, 0.15) is 79.6 Å². The van der Waals surface area contributed by atoms with E-state index in [1.807, 2.05) is 7.11 Å². The smallest absolute Gasteiger partial charge is 0.0571 e. The standard InChI is InChI=1S/C16H34O/c1-14(2)10-7-8-11-15(17-6)12-9-13-16(3,4)5/h14-15H,7-13H2,1-6H3/t15-/m0/s1. The highest BCUT2D eigenvalue weighted by molar-refractivity contribution is 4.65. The fourth-order valence-corrected chi connectivity index (χ4v) is 2.16. The van der Waals surface area contributed by atoms with Crippen LogP contribution in [-0.2, 0) is 4.74 Å². The normalized spacial score (nSPS) is 14.3. The number of rotatable bonds is 9. The Labute approximate surface area is 109 Å². The summed E-state index contributed by atoms with van der Waals surface area (Å²) in [6.07, 6.45) is 9.61. The molecule has 0 aromatic heterocycles. The van der Waals surface area contributed by atoms with Gasteiger partial charge in [0.25, 0.3) is 0 Å². The van der Waals surface area contributed by atoms with Gasteiger partial charge < -0.3 is 4.74 Å². The Morgan fingerprint density at radius 2 is 1.41 bits per heavy atom. The van der Waals surface area contributed by atoms with E-state index in [9.17, 15) is 0 Å². The average molecular weight is 242 g/mol. The lowest BCUT2D eigenvalue weighted by Gasteiger charge is -2.20. The molecule has 0 aromatic rings. The molecule has 0 amide bonds. The number of hydrogen-bond donors (Lipinski definition) is 0. The predicted molar refractivity (Wildman–Crippen MR) is 77.4 cm³/mol. The van der Waals surface area contributed by atoms with Crippen LogP contribution in [0.5, 0.6) is 0 Å². The second kappa shape index (κ2) is 8.97. The van der Waals surface area contributed by atoms with Crippen molar-refractivity contribution in [3.8, 4) is 0 Å². The molecule has 0 heterocycles. The van der Waals surface area contributed by atoms with Gasteiger partial charge in [-0.1, -0.05) is 60.3 Å². The summed E-state index contributed by atoms with van der Waals surface area (Å²) in [5, 5.41) is 0. The first-order valence-electron chi connectivity index (χ1n) is 7.38. The zero-order valence-electron chi connectivity index (χ0n) is 13.0. The molecule has 1 atom stereocenters. The van der Waals surface area contributed by atoms with Crippen LogP contribution in [0, 0.1) is 11.3 Å². The number of hydrogen-bond acceptors (Lipinski definition) is 1. The Hall–Kier alpha value is -0.0400. The molecule has 0 aliphatic heterocycles. The van der Waals surface area contributed by atoms with E-state index in [0.29, 0.717) is 11.5 Å². The molecule has 0 aromatic carbocycles. The third-order valence-corrected chi connectivity index (χ3v) is 3.34.